The fraction of sp³-hybridized carbons (Fsp3) is 0.640. The van der Waals surface area contributed by atoms with E-state index in [1.807, 2.05) is 45.9 Å². The summed E-state index contributed by atoms with van der Waals surface area (Å²) in [6, 6.07) is 5.07. The Morgan fingerprint density at radius 2 is 2.12 bits per heavy atom. The molecule has 4 atom stereocenters. The molecule has 2 aliphatic heterocycles. The van der Waals surface area contributed by atoms with Gasteiger partial charge in [0.2, 0.25) is 11.8 Å². The number of rotatable bonds is 7. The number of methoxy groups -OCH3 is 1. The van der Waals surface area contributed by atoms with E-state index in [0.29, 0.717) is 36.6 Å². The number of nitrogens with zero attached hydrogens (tertiary/aromatic N) is 2. The van der Waals surface area contributed by atoms with Gasteiger partial charge in [0.25, 0.3) is 0 Å². The topological polar surface area (TPSA) is 106 Å². The highest BCUT2D eigenvalue weighted by Gasteiger charge is 2.52. The lowest BCUT2D eigenvalue weighted by Crippen LogP contribution is -2.55. The lowest BCUT2D eigenvalue weighted by Gasteiger charge is -2.39. The molecule has 0 aromatic heterocycles. The molecule has 3 N–H and O–H groups in total. The smallest absolute Gasteiger partial charge is 0.231 e. The molecule has 0 bridgehead atoms. The number of aliphatic imine (C=N–C) groups is 1. The van der Waals surface area contributed by atoms with Crippen molar-refractivity contribution < 1.29 is 19.1 Å². The van der Waals surface area contributed by atoms with Gasteiger partial charge in [-0.1, -0.05) is 17.7 Å². The van der Waals surface area contributed by atoms with Crippen LogP contribution >= 0.6 is 11.6 Å². The van der Waals surface area contributed by atoms with Gasteiger partial charge in [-0.15, -0.1) is 0 Å². The molecule has 1 saturated carbocycles. The van der Waals surface area contributed by atoms with Crippen molar-refractivity contribution in [2.45, 2.75) is 76.6 Å². The lowest BCUT2D eigenvalue weighted by atomic mass is 9.89. The average Bonchev–Trinajstić information content (AvgIpc) is 3.48. The van der Waals surface area contributed by atoms with Gasteiger partial charge < -0.3 is 20.5 Å². The number of ether oxygens (including phenoxy) is 2. The van der Waals surface area contributed by atoms with Crippen LogP contribution in [0.4, 0.5) is 0 Å². The molecule has 1 fully saturated rings. The van der Waals surface area contributed by atoms with Crippen molar-refractivity contribution in [3.05, 3.63) is 28.8 Å². The molecule has 9 heteroatoms. The predicted octanol–water partition coefficient (Wildman–Crippen LogP) is 3.43. The van der Waals surface area contributed by atoms with Gasteiger partial charge in [0.05, 0.1) is 18.0 Å². The summed E-state index contributed by atoms with van der Waals surface area (Å²) < 4.78 is 11.4. The number of fused-ring (bicyclic) bond motifs is 1. The van der Waals surface area contributed by atoms with Crippen molar-refractivity contribution in [3.8, 4) is 5.75 Å². The third-order valence-electron chi connectivity index (χ3n) is 6.90. The van der Waals surface area contributed by atoms with Crippen LogP contribution in [-0.4, -0.2) is 53.6 Å². The molecule has 2 amide bonds. The first-order valence-electron chi connectivity index (χ1n) is 11.9. The first-order chi connectivity index (χ1) is 15.9. The summed E-state index contributed by atoms with van der Waals surface area (Å²) in [6.45, 7) is 8.26. The van der Waals surface area contributed by atoms with E-state index in [9.17, 15) is 9.59 Å². The maximum absolute atomic E-state index is 13.4. The van der Waals surface area contributed by atoms with E-state index in [1.54, 1.807) is 12.0 Å². The number of hydrogen-bond donors (Lipinski definition) is 2. The van der Waals surface area contributed by atoms with Crippen LogP contribution in [0.25, 0.3) is 0 Å². The quantitative estimate of drug-likeness (QED) is 0.609. The number of amides is 2. The van der Waals surface area contributed by atoms with Crippen molar-refractivity contribution in [3.63, 3.8) is 0 Å². The van der Waals surface area contributed by atoms with Crippen molar-refractivity contribution in [2.24, 2.45) is 22.6 Å². The molecule has 3 aliphatic rings. The van der Waals surface area contributed by atoms with E-state index in [1.165, 1.54) is 0 Å². The van der Waals surface area contributed by atoms with E-state index in [-0.39, 0.29) is 48.1 Å². The van der Waals surface area contributed by atoms with Crippen LogP contribution in [0, 0.1) is 11.8 Å². The number of halogens is 1. The Balaban J connectivity index is 1.51. The monoisotopic (exact) mass is 490 g/mol. The minimum Gasteiger partial charge on any atom is -0.487 e. The normalized spacial score (nSPS) is 27.8. The third-order valence-corrected chi connectivity index (χ3v) is 7.23. The maximum atomic E-state index is 13.4. The largest absolute Gasteiger partial charge is 0.487 e. The number of benzene rings is 1. The number of carbonyl (C=O) groups excluding carboxylic acids is 2. The third kappa shape index (κ3) is 5.03. The summed E-state index contributed by atoms with van der Waals surface area (Å²) in [5.74, 6) is 0.602. The molecule has 0 spiro atoms. The molecule has 1 aromatic carbocycles. The zero-order valence-electron chi connectivity index (χ0n) is 20.6. The Labute approximate surface area is 206 Å². The minimum absolute atomic E-state index is 0.00683. The average molecular weight is 491 g/mol. The van der Waals surface area contributed by atoms with Crippen LogP contribution in [-0.2, 0) is 14.3 Å². The summed E-state index contributed by atoms with van der Waals surface area (Å²) >= 11 is 6.49. The van der Waals surface area contributed by atoms with Gasteiger partial charge in [-0.3, -0.25) is 14.5 Å². The van der Waals surface area contributed by atoms with Crippen LogP contribution in [0.1, 0.15) is 65.0 Å². The highest BCUT2D eigenvalue weighted by atomic mass is 35.5. The number of carbonyl (C=O) groups is 2. The first kappa shape index (κ1) is 24.8. The Morgan fingerprint density at radius 3 is 2.79 bits per heavy atom. The van der Waals surface area contributed by atoms with Gasteiger partial charge in [0, 0.05) is 42.7 Å². The molecule has 4 rings (SSSR count). The summed E-state index contributed by atoms with van der Waals surface area (Å²) in [6.07, 6.45) is 2.17. The molecule has 0 radical (unpaired) electrons. The molecule has 1 aromatic rings. The van der Waals surface area contributed by atoms with Gasteiger partial charge in [-0.25, -0.2) is 4.99 Å². The van der Waals surface area contributed by atoms with Gasteiger partial charge in [-0.05, 0) is 58.6 Å². The number of hydrogen-bond acceptors (Lipinski definition) is 6. The van der Waals surface area contributed by atoms with E-state index < -0.39 is 11.1 Å². The summed E-state index contributed by atoms with van der Waals surface area (Å²) in [4.78, 5) is 32.5. The molecule has 1 aliphatic carbocycles. The Kier molecular flexibility index (Phi) is 6.59. The van der Waals surface area contributed by atoms with Crippen molar-refractivity contribution in [2.75, 3.05) is 13.7 Å². The standard InChI is InChI=1S/C25H35ClN4O4/c1-24(2)13-20(31)30(23(27)29-24)18(9-10-33-5)14-11-15(14)22(32)28-17-12-25(3,4)34-19-8-6-7-16(26)21(17)19/h6-8,14-15,17-18H,9-13H2,1-5H3,(H2,27,29)(H,28,32)/t14-,15-,17+,18+/m0/s1. The van der Waals surface area contributed by atoms with Gasteiger partial charge in [-0.2, -0.15) is 0 Å². The zero-order chi connectivity index (χ0) is 24.8. The maximum Gasteiger partial charge on any atom is 0.231 e. The van der Waals surface area contributed by atoms with Crippen LogP contribution in [0.3, 0.4) is 0 Å². The predicted molar refractivity (Wildman–Crippen MR) is 131 cm³/mol. The fourth-order valence-electron chi connectivity index (χ4n) is 5.34. The molecule has 0 saturated heterocycles. The number of nitrogens with one attached hydrogen (secondary N) is 1. The van der Waals surface area contributed by atoms with Crippen molar-refractivity contribution in [1.82, 2.24) is 10.2 Å². The summed E-state index contributed by atoms with van der Waals surface area (Å²) in [5, 5.41) is 3.79. The molecule has 34 heavy (non-hydrogen) atoms. The Morgan fingerprint density at radius 1 is 1.38 bits per heavy atom. The minimum atomic E-state index is -0.522. The SMILES string of the molecule is COCC[C@H]([C@H]1C[C@@H]1C(=O)N[C@@H]1CC(C)(C)Oc2cccc(Cl)c21)N1C(=O)CC(C)(C)N=C1N. The number of nitrogens with two attached hydrogens (primary N) is 1. The second-order valence-electron chi connectivity index (χ2n) is 10.9. The van der Waals surface area contributed by atoms with Crippen molar-refractivity contribution >= 4 is 29.4 Å². The van der Waals surface area contributed by atoms with E-state index >= 15 is 0 Å². The molecular formula is C25H35ClN4O4. The molecule has 186 valence electrons. The van der Waals surface area contributed by atoms with Crippen LogP contribution in [0.5, 0.6) is 5.75 Å². The summed E-state index contributed by atoms with van der Waals surface area (Å²) in [7, 11) is 1.63. The van der Waals surface area contributed by atoms with Crippen molar-refractivity contribution in [1.29, 1.82) is 0 Å². The molecule has 8 nitrogen and oxygen atoms in total. The fourth-order valence-corrected chi connectivity index (χ4v) is 5.63. The second kappa shape index (κ2) is 9.04. The zero-order valence-corrected chi connectivity index (χ0v) is 21.3. The first-order valence-corrected chi connectivity index (χ1v) is 12.2. The highest BCUT2D eigenvalue weighted by molar-refractivity contribution is 6.31. The highest BCUT2D eigenvalue weighted by Crippen LogP contribution is 2.47. The second-order valence-corrected chi connectivity index (χ2v) is 11.3. The Hall–Kier alpha value is -2.32. The van der Waals surface area contributed by atoms with E-state index in [0.717, 1.165) is 5.56 Å². The van der Waals surface area contributed by atoms with Crippen LogP contribution in [0.15, 0.2) is 23.2 Å². The van der Waals surface area contributed by atoms with E-state index in [2.05, 4.69) is 10.3 Å². The van der Waals surface area contributed by atoms with Gasteiger partial charge in [0.1, 0.15) is 11.4 Å². The van der Waals surface area contributed by atoms with Gasteiger partial charge in [0.15, 0.2) is 5.96 Å². The van der Waals surface area contributed by atoms with Crippen LogP contribution < -0.4 is 15.8 Å². The lowest BCUT2D eigenvalue weighted by molar-refractivity contribution is -0.132. The molecule has 2 heterocycles. The molecule has 0 unspecified atom stereocenters. The summed E-state index contributed by atoms with van der Waals surface area (Å²) in [5.41, 5.74) is 6.10. The van der Waals surface area contributed by atoms with Gasteiger partial charge >= 0.3 is 0 Å². The van der Waals surface area contributed by atoms with Crippen LogP contribution in [0.2, 0.25) is 5.02 Å². The Bertz CT molecular complexity index is 1010. The number of guanidine groups is 1. The van der Waals surface area contributed by atoms with E-state index in [4.69, 9.17) is 26.8 Å². The molecular weight excluding hydrogens is 456 g/mol.